The average molecular weight is 715 g/mol. The van der Waals surface area contributed by atoms with E-state index in [2.05, 4.69) is 38.2 Å². The number of carboxylic acids is 2. The molecule has 0 rings (SSSR count). The summed E-state index contributed by atoms with van der Waals surface area (Å²) in [5.41, 5.74) is 0. The second kappa shape index (κ2) is 49.8. The first-order valence-corrected chi connectivity index (χ1v) is 21.2. The maximum absolute atomic E-state index is 10.3. The van der Waals surface area contributed by atoms with Crippen LogP contribution in [0.2, 0.25) is 0 Å². The first-order chi connectivity index (χ1) is 23.5. The van der Waals surface area contributed by atoms with Gasteiger partial charge in [0.25, 0.3) is 0 Å². The van der Waals surface area contributed by atoms with Gasteiger partial charge in [0.05, 0.1) is 0 Å². The molecular formula is C44H82CaO4. The van der Waals surface area contributed by atoms with Crippen LogP contribution in [0.5, 0.6) is 0 Å². The fourth-order valence-electron chi connectivity index (χ4n) is 6.09. The minimum absolute atomic E-state index is 0. The minimum atomic E-state index is -0.906. The molecule has 0 atom stereocenters. The van der Waals surface area contributed by atoms with E-state index in [1.54, 1.807) is 0 Å². The third-order valence-corrected chi connectivity index (χ3v) is 9.29. The van der Waals surface area contributed by atoms with E-state index in [1.807, 2.05) is 0 Å². The normalized spacial score (nSPS) is 11.1. The quantitative estimate of drug-likeness (QED) is 0.0362. The van der Waals surface area contributed by atoms with E-state index in [0.29, 0.717) is 0 Å². The maximum Gasteiger partial charge on any atom is 2.00 e. The predicted octanol–water partition coefficient (Wildman–Crippen LogP) is 12.3. The summed E-state index contributed by atoms with van der Waals surface area (Å²) >= 11 is 0. The molecular weight excluding hydrogens is 633 g/mol. The van der Waals surface area contributed by atoms with E-state index in [4.69, 9.17) is 0 Å². The SMILES string of the molecule is CCCCCCCC/C=C/CCCCCCCCCCCC(=O)[O-].CCCCCCCC/C=C/CCCCCCCCCCCC(=O)[O-].[Ca+2]. The fraction of sp³-hybridized carbons (Fsp3) is 0.864. The van der Waals surface area contributed by atoms with Gasteiger partial charge in [-0.25, -0.2) is 0 Å². The van der Waals surface area contributed by atoms with Gasteiger partial charge >= 0.3 is 37.7 Å². The minimum Gasteiger partial charge on any atom is -0.550 e. The Morgan fingerprint density at radius 2 is 0.510 bits per heavy atom. The Morgan fingerprint density at radius 1 is 0.327 bits per heavy atom. The molecule has 0 heterocycles. The van der Waals surface area contributed by atoms with Crippen molar-refractivity contribution in [2.45, 2.75) is 245 Å². The molecule has 0 aliphatic rings. The number of carboxylic acid groups (broad SMARTS) is 2. The first kappa shape index (κ1) is 53.0. The van der Waals surface area contributed by atoms with Gasteiger partial charge in [-0.1, -0.05) is 192 Å². The summed E-state index contributed by atoms with van der Waals surface area (Å²) in [7, 11) is 0. The molecule has 0 aromatic rings. The number of aliphatic carboxylic acids is 2. The Kier molecular flexibility index (Phi) is 53.9. The molecule has 0 aromatic heterocycles. The first-order valence-electron chi connectivity index (χ1n) is 21.2. The molecule has 0 spiro atoms. The third-order valence-electron chi connectivity index (χ3n) is 9.29. The van der Waals surface area contributed by atoms with Crippen LogP contribution in [0.1, 0.15) is 245 Å². The van der Waals surface area contributed by atoms with Gasteiger partial charge in [0, 0.05) is 11.9 Å². The zero-order valence-electron chi connectivity index (χ0n) is 33.1. The van der Waals surface area contributed by atoms with Crippen molar-refractivity contribution in [1.82, 2.24) is 0 Å². The monoisotopic (exact) mass is 715 g/mol. The summed E-state index contributed by atoms with van der Waals surface area (Å²) in [6, 6.07) is 0. The second-order valence-corrected chi connectivity index (χ2v) is 14.2. The van der Waals surface area contributed by atoms with Gasteiger partial charge in [-0.2, -0.15) is 0 Å². The van der Waals surface area contributed by atoms with Gasteiger partial charge < -0.3 is 19.8 Å². The fourth-order valence-corrected chi connectivity index (χ4v) is 6.09. The van der Waals surface area contributed by atoms with E-state index in [9.17, 15) is 19.8 Å². The van der Waals surface area contributed by atoms with Crippen molar-refractivity contribution in [2.24, 2.45) is 0 Å². The van der Waals surface area contributed by atoms with E-state index in [0.717, 1.165) is 25.7 Å². The number of unbranched alkanes of at least 4 members (excludes halogenated alkanes) is 30. The molecule has 284 valence electrons. The van der Waals surface area contributed by atoms with Gasteiger partial charge in [0.2, 0.25) is 0 Å². The van der Waals surface area contributed by atoms with E-state index < -0.39 is 11.9 Å². The van der Waals surface area contributed by atoms with Crippen LogP contribution < -0.4 is 10.2 Å². The van der Waals surface area contributed by atoms with Crippen LogP contribution in [-0.2, 0) is 9.59 Å². The molecule has 0 fully saturated rings. The molecule has 0 aromatic carbocycles. The largest absolute Gasteiger partial charge is 2.00 e. The Balaban J connectivity index is -0.000000846. The molecule has 0 saturated carbocycles. The zero-order valence-corrected chi connectivity index (χ0v) is 35.3. The summed E-state index contributed by atoms with van der Waals surface area (Å²) in [5, 5.41) is 20.5. The number of carbonyl (C=O) groups excluding carboxylic acids is 2. The van der Waals surface area contributed by atoms with Gasteiger partial charge in [-0.05, 0) is 77.0 Å². The van der Waals surface area contributed by atoms with E-state index >= 15 is 0 Å². The molecule has 0 amide bonds. The molecule has 0 N–H and O–H groups in total. The van der Waals surface area contributed by atoms with Crippen LogP contribution in [0.25, 0.3) is 0 Å². The van der Waals surface area contributed by atoms with Crippen LogP contribution in [-0.4, -0.2) is 49.7 Å². The Hall–Kier alpha value is -0.320. The average Bonchev–Trinajstić information content (AvgIpc) is 3.07. The molecule has 0 unspecified atom stereocenters. The molecule has 5 heteroatoms. The third kappa shape index (κ3) is 57.3. The number of rotatable bonds is 38. The molecule has 0 radical (unpaired) electrons. The summed E-state index contributed by atoms with van der Waals surface area (Å²) < 4.78 is 0. The van der Waals surface area contributed by atoms with Crippen LogP contribution in [0.15, 0.2) is 24.3 Å². The summed E-state index contributed by atoms with van der Waals surface area (Å²) in [6.07, 6.45) is 53.5. The van der Waals surface area contributed by atoms with Gasteiger partial charge in [0.1, 0.15) is 0 Å². The van der Waals surface area contributed by atoms with Crippen LogP contribution in [0.4, 0.5) is 0 Å². The summed E-state index contributed by atoms with van der Waals surface area (Å²) in [6.45, 7) is 4.54. The van der Waals surface area contributed by atoms with Crippen molar-refractivity contribution < 1.29 is 19.8 Å². The Morgan fingerprint density at radius 3 is 0.714 bits per heavy atom. The molecule has 49 heavy (non-hydrogen) atoms. The van der Waals surface area contributed by atoms with Crippen molar-refractivity contribution in [3.63, 3.8) is 0 Å². The molecule has 0 saturated heterocycles. The Labute approximate surface area is 336 Å². The number of hydrogen-bond donors (Lipinski definition) is 0. The second-order valence-electron chi connectivity index (χ2n) is 14.2. The van der Waals surface area contributed by atoms with Gasteiger partial charge in [-0.15, -0.1) is 0 Å². The predicted molar refractivity (Wildman–Crippen MR) is 212 cm³/mol. The van der Waals surface area contributed by atoms with Gasteiger partial charge in [-0.3, -0.25) is 0 Å². The maximum atomic E-state index is 10.3. The smallest absolute Gasteiger partial charge is 0.550 e. The number of allylic oxidation sites excluding steroid dienone is 4. The molecule has 4 nitrogen and oxygen atoms in total. The zero-order chi connectivity index (χ0) is 35.4. The number of carbonyl (C=O) groups is 2. The van der Waals surface area contributed by atoms with Crippen LogP contribution in [0, 0.1) is 0 Å². The van der Waals surface area contributed by atoms with Crippen molar-refractivity contribution in [2.75, 3.05) is 0 Å². The van der Waals surface area contributed by atoms with E-state index in [1.165, 1.54) is 193 Å². The molecule has 0 bridgehead atoms. The Bertz CT molecular complexity index is 632. The van der Waals surface area contributed by atoms with E-state index in [-0.39, 0.29) is 50.6 Å². The topological polar surface area (TPSA) is 80.3 Å². The van der Waals surface area contributed by atoms with Crippen molar-refractivity contribution in [3.8, 4) is 0 Å². The summed E-state index contributed by atoms with van der Waals surface area (Å²) in [4.78, 5) is 20.5. The standard InChI is InChI=1S/2C22H42O2.Ca/c2*1-2-3-4-5-6-7-8-9-10-11-12-13-14-15-16-17-18-19-20-21-22(23)24;/h2*9-10H,2-8,11-21H2,1H3,(H,23,24);/q;;+2/p-2/b2*10-9+;. The molecule has 0 aliphatic heterocycles. The van der Waals surface area contributed by atoms with Crippen molar-refractivity contribution >= 4 is 49.7 Å². The van der Waals surface area contributed by atoms with Crippen LogP contribution in [0.3, 0.4) is 0 Å². The van der Waals surface area contributed by atoms with Crippen molar-refractivity contribution in [1.29, 1.82) is 0 Å². The summed E-state index contributed by atoms with van der Waals surface area (Å²) in [5.74, 6) is -1.81. The van der Waals surface area contributed by atoms with Gasteiger partial charge in [0.15, 0.2) is 0 Å². The van der Waals surface area contributed by atoms with Crippen molar-refractivity contribution in [3.05, 3.63) is 24.3 Å². The number of hydrogen-bond acceptors (Lipinski definition) is 4. The van der Waals surface area contributed by atoms with Crippen LogP contribution >= 0.6 is 0 Å². The molecule has 0 aliphatic carbocycles.